The van der Waals surface area contributed by atoms with E-state index >= 15 is 0 Å². The molecule has 1 heterocycles. The summed E-state index contributed by atoms with van der Waals surface area (Å²) in [6.45, 7) is 4.80. The SMILES string of the molecule is CCOc1ccc(CNS(=O)(=O)c2ccc3c(c2)CCN3C(C)=O)cc1. The quantitative estimate of drug-likeness (QED) is 0.843. The van der Waals surface area contributed by atoms with Gasteiger partial charge in [0.05, 0.1) is 11.5 Å². The Hall–Kier alpha value is -2.38. The summed E-state index contributed by atoms with van der Waals surface area (Å²) in [7, 11) is -3.62. The average Bonchev–Trinajstić information content (AvgIpc) is 3.05. The third-order valence-electron chi connectivity index (χ3n) is 4.34. The van der Waals surface area contributed by atoms with Gasteiger partial charge in [-0.3, -0.25) is 4.79 Å². The zero-order chi connectivity index (χ0) is 18.7. The number of nitrogens with one attached hydrogen (secondary N) is 1. The highest BCUT2D eigenvalue weighted by Crippen LogP contribution is 2.30. The van der Waals surface area contributed by atoms with Crippen molar-refractivity contribution in [2.75, 3.05) is 18.1 Å². The van der Waals surface area contributed by atoms with Crippen LogP contribution in [0.15, 0.2) is 47.4 Å². The molecule has 2 aromatic rings. The maximum absolute atomic E-state index is 12.6. The first-order chi connectivity index (χ1) is 12.4. The summed E-state index contributed by atoms with van der Waals surface area (Å²) in [4.78, 5) is 13.5. The van der Waals surface area contributed by atoms with E-state index in [4.69, 9.17) is 4.74 Å². The van der Waals surface area contributed by atoms with E-state index < -0.39 is 10.0 Å². The van der Waals surface area contributed by atoms with Gasteiger partial charge >= 0.3 is 0 Å². The Bertz CT molecular complexity index is 908. The molecule has 0 saturated carbocycles. The van der Waals surface area contributed by atoms with E-state index in [0.29, 0.717) is 19.6 Å². The lowest BCUT2D eigenvalue weighted by Gasteiger charge is -2.15. The Morgan fingerprint density at radius 3 is 2.58 bits per heavy atom. The van der Waals surface area contributed by atoms with Crippen molar-refractivity contribution >= 4 is 21.6 Å². The molecule has 7 heteroatoms. The molecule has 3 rings (SSSR count). The third kappa shape index (κ3) is 3.89. The van der Waals surface area contributed by atoms with Crippen LogP contribution in [0, 0.1) is 0 Å². The van der Waals surface area contributed by atoms with Crippen LogP contribution in [0.4, 0.5) is 5.69 Å². The molecule has 0 spiro atoms. The minimum atomic E-state index is -3.62. The molecule has 0 fully saturated rings. The molecule has 1 N–H and O–H groups in total. The van der Waals surface area contributed by atoms with Gasteiger partial charge in [-0.2, -0.15) is 0 Å². The van der Waals surface area contributed by atoms with Crippen LogP contribution < -0.4 is 14.4 Å². The summed E-state index contributed by atoms with van der Waals surface area (Å²) in [5.41, 5.74) is 2.52. The number of anilines is 1. The second-order valence-electron chi connectivity index (χ2n) is 6.11. The van der Waals surface area contributed by atoms with Crippen LogP contribution in [0.1, 0.15) is 25.0 Å². The minimum absolute atomic E-state index is 0.0343. The lowest BCUT2D eigenvalue weighted by atomic mass is 10.2. The Morgan fingerprint density at radius 2 is 1.92 bits per heavy atom. The van der Waals surface area contributed by atoms with E-state index in [2.05, 4.69) is 4.72 Å². The van der Waals surface area contributed by atoms with E-state index in [1.54, 1.807) is 23.1 Å². The van der Waals surface area contributed by atoms with E-state index in [1.165, 1.54) is 6.92 Å². The van der Waals surface area contributed by atoms with Crippen molar-refractivity contribution in [3.05, 3.63) is 53.6 Å². The van der Waals surface area contributed by atoms with Gasteiger partial charge in [-0.25, -0.2) is 13.1 Å². The molecule has 2 aromatic carbocycles. The number of hydrogen-bond acceptors (Lipinski definition) is 4. The van der Waals surface area contributed by atoms with Gasteiger partial charge in [0.25, 0.3) is 0 Å². The summed E-state index contributed by atoms with van der Waals surface area (Å²) >= 11 is 0. The highest BCUT2D eigenvalue weighted by Gasteiger charge is 2.24. The van der Waals surface area contributed by atoms with Gasteiger partial charge in [-0.05, 0) is 54.8 Å². The smallest absolute Gasteiger partial charge is 0.240 e. The fourth-order valence-corrected chi connectivity index (χ4v) is 4.07. The van der Waals surface area contributed by atoms with E-state index in [9.17, 15) is 13.2 Å². The fourth-order valence-electron chi connectivity index (χ4n) is 3.00. The van der Waals surface area contributed by atoms with E-state index in [-0.39, 0.29) is 17.3 Å². The summed E-state index contributed by atoms with van der Waals surface area (Å²) < 4.78 is 33.1. The first-order valence-corrected chi connectivity index (χ1v) is 10.0. The minimum Gasteiger partial charge on any atom is -0.494 e. The van der Waals surface area contributed by atoms with Gasteiger partial charge in [-0.15, -0.1) is 0 Å². The van der Waals surface area contributed by atoms with Crippen molar-refractivity contribution in [2.45, 2.75) is 31.7 Å². The Kier molecular flexibility index (Phi) is 5.29. The summed E-state index contributed by atoms with van der Waals surface area (Å²) in [6.07, 6.45) is 0.664. The standard InChI is InChI=1S/C19H22N2O4S/c1-3-25-17-6-4-15(5-7-17)13-20-26(23,24)18-8-9-19-16(12-18)10-11-21(19)14(2)22/h4-9,12,20H,3,10-11,13H2,1-2H3. The molecule has 1 amide bonds. The monoisotopic (exact) mass is 374 g/mol. The number of benzene rings is 2. The normalized spacial score (nSPS) is 13.5. The maximum atomic E-state index is 12.6. The molecule has 1 aliphatic heterocycles. The first-order valence-electron chi connectivity index (χ1n) is 8.53. The summed E-state index contributed by atoms with van der Waals surface area (Å²) in [5, 5.41) is 0. The molecule has 0 atom stereocenters. The molecule has 0 bridgehead atoms. The second-order valence-corrected chi connectivity index (χ2v) is 7.88. The molecule has 138 valence electrons. The Morgan fingerprint density at radius 1 is 1.19 bits per heavy atom. The fraction of sp³-hybridized carbons (Fsp3) is 0.316. The van der Waals surface area contributed by atoms with Crippen LogP contribution in [-0.4, -0.2) is 27.5 Å². The van der Waals surface area contributed by atoms with Crippen molar-refractivity contribution in [1.82, 2.24) is 4.72 Å². The molecule has 6 nitrogen and oxygen atoms in total. The van der Waals surface area contributed by atoms with Gasteiger partial charge < -0.3 is 9.64 Å². The molecule has 0 aromatic heterocycles. The van der Waals surface area contributed by atoms with Crippen molar-refractivity contribution in [1.29, 1.82) is 0 Å². The second kappa shape index (κ2) is 7.47. The van der Waals surface area contributed by atoms with Crippen LogP contribution in [0.5, 0.6) is 5.75 Å². The van der Waals surface area contributed by atoms with Crippen molar-refractivity contribution < 1.29 is 17.9 Å². The number of rotatable bonds is 6. The zero-order valence-corrected chi connectivity index (χ0v) is 15.7. The predicted molar refractivity (Wildman–Crippen MR) is 99.8 cm³/mol. The van der Waals surface area contributed by atoms with Crippen molar-refractivity contribution in [2.24, 2.45) is 0 Å². The molecule has 0 radical (unpaired) electrons. The van der Waals surface area contributed by atoms with E-state index in [1.807, 2.05) is 31.2 Å². The van der Waals surface area contributed by atoms with Gasteiger partial charge in [0.15, 0.2) is 0 Å². The average molecular weight is 374 g/mol. The molecular formula is C19H22N2O4S. The molecular weight excluding hydrogens is 352 g/mol. The largest absolute Gasteiger partial charge is 0.494 e. The number of fused-ring (bicyclic) bond motifs is 1. The zero-order valence-electron chi connectivity index (χ0n) is 14.9. The molecule has 0 aliphatic carbocycles. The Balaban J connectivity index is 1.71. The molecule has 1 aliphatic rings. The van der Waals surface area contributed by atoms with Gasteiger partial charge in [0.1, 0.15) is 5.75 Å². The van der Waals surface area contributed by atoms with Crippen LogP contribution in [0.3, 0.4) is 0 Å². The van der Waals surface area contributed by atoms with Crippen LogP contribution in [-0.2, 0) is 27.8 Å². The maximum Gasteiger partial charge on any atom is 0.240 e. The Labute approximate surface area is 153 Å². The number of carbonyl (C=O) groups excluding carboxylic acids is 1. The first kappa shape index (κ1) is 18.4. The third-order valence-corrected chi connectivity index (χ3v) is 5.74. The highest BCUT2D eigenvalue weighted by molar-refractivity contribution is 7.89. The molecule has 26 heavy (non-hydrogen) atoms. The van der Waals surface area contributed by atoms with Crippen molar-refractivity contribution in [3.8, 4) is 5.75 Å². The topological polar surface area (TPSA) is 75.7 Å². The number of ether oxygens (including phenoxy) is 1. The number of carbonyl (C=O) groups is 1. The predicted octanol–water partition coefficient (Wildman–Crippen LogP) is 2.47. The van der Waals surface area contributed by atoms with Gasteiger partial charge in [0.2, 0.25) is 15.9 Å². The number of sulfonamides is 1. The molecule has 0 saturated heterocycles. The summed E-state index contributed by atoms with van der Waals surface area (Å²) in [5.74, 6) is 0.723. The summed E-state index contributed by atoms with van der Waals surface area (Å²) in [6, 6.07) is 12.2. The number of nitrogens with zero attached hydrogens (tertiary/aromatic N) is 1. The van der Waals surface area contributed by atoms with Gasteiger partial charge in [0, 0.05) is 25.7 Å². The van der Waals surface area contributed by atoms with E-state index in [0.717, 1.165) is 22.6 Å². The molecule has 0 unspecified atom stereocenters. The number of hydrogen-bond donors (Lipinski definition) is 1. The van der Waals surface area contributed by atoms with Crippen LogP contribution >= 0.6 is 0 Å². The number of amides is 1. The van der Waals surface area contributed by atoms with Crippen LogP contribution in [0.2, 0.25) is 0 Å². The lowest BCUT2D eigenvalue weighted by Crippen LogP contribution is -2.26. The van der Waals surface area contributed by atoms with Gasteiger partial charge in [-0.1, -0.05) is 12.1 Å². The lowest BCUT2D eigenvalue weighted by molar-refractivity contribution is -0.116. The van der Waals surface area contributed by atoms with Crippen LogP contribution in [0.25, 0.3) is 0 Å². The highest BCUT2D eigenvalue weighted by atomic mass is 32.2. The van der Waals surface area contributed by atoms with Crippen molar-refractivity contribution in [3.63, 3.8) is 0 Å².